The highest BCUT2D eigenvalue weighted by atomic mass is 32.2. The van der Waals surface area contributed by atoms with Crippen LogP contribution in [0.4, 0.5) is 11.4 Å². The number of hydrogen-bond acceptors (Lipinski definition) is 4. The molecule has 0 saturated heterocycles. The van der Waals surface area contributed by atoms with Crippen molar-refractivity contribution in [3.8, 4) is 5.75 Å². The van der Waals surface area contributed by atoms with Crippen molar-refractivity contribution >= 4 is 21.4 Å². The minimum atomic E-state index is -3.59. The first kappa shape index (κ1) is 14.7. The van der Waals surface area contributed by atoms with Gasteiger partial charge in [0.2, 0.25) is 0 Å². The molecule has 22 heavy (non-hydrogen) atoms. The summed E-state index contributed by atoms with van der Waals surface area (Å²) in [6.07, 6.45) is 0.746. The Morgan fingerprint density at radius 1 is 1.09 bits per heavy atom. The zero-order valence-corrected chi connectivity index (χ0v) is 13.4. The largest absolute Gasteiger partial charge is 0.493 e. The van der Waals surface area contributed by atoms with Crippen LogP contribution in [0.25, 0.3) is 0 Å². The lowest BCUT2D eigenvalue weighted by atomic mass is 10.2. The van der Waals surface area contributed by atoms with Gasteiger partial charge in [-0.2, -0.15) is 0 Å². The summed E-state index contributed by atoms with van der Waals surface area (Å²) in [5.74, 6) is 0.772. The van der Waals surface area contributed by atoms with Gasteiger partial charge in [0.15, 0.2) is 0 Å². The van der Waals surface area contributed by atoms with E-state index in [1.54, 1.807) is 30.3 Å². The number of rotatable bonds is 4. The molecule has 0 aromatic heterocycles. The van der Waals surface area contributed by atoms with Crippen molar-refractivity contribution in [2.45, 2.75) is 11.3 Å². The summed E-state index contributed by atoms with van der Waals surface area (Å²) >= 11 is 0. The summed E-state index contributed by atoms with van der Waals surface area (Å²) in [5.41, 5.74) is 2.49. The third-order valence-electron chi connectivity index (χ3n) is 3.61. The second-order valence-electron chi connectivity index (χ2n) is 5.41. The number of hydrogen-bond donors (Lipinski definition) is 1. The van der Waals surface area contributed by atoms with Gasteiger partial charge in [-0.25, -0.2) is 8.42 Å². The summed E-state index contributed by atoms with van der Waals surface area (Å²) in [5, 5.41) is 0. The van der Waals surface area contributed by atoms with Crippen LogP contribution in [0.2, 0.25) is 0 Å². The average molecular weight is 318 g/mol. The van der Waals surface area contributed by atoms with Crippen molar-refractivity contribution in [3.05, 3.63) is 48.0 Å². The Morgan fingerprint density at radius 2 is 1.82 bits per heavy atom. The molecule has 1 heterocycles. The molecule has 1 aliphatic heterocycles. The fourth-order valence-corrected chi connectivity index (χ4v) is 3.48. The number of ether oxygens (including phenoxy) is 1. The molecule has 116 valence electrons. The molecule has 1 N–H and O–H groups in total. The zero-order chi connectivity index (χ0) is 15.7. The molecule has 0 radical (unpaired) electrons. The normalized spacial score (nSPS) is 13.4. The molecule has 0 bridgehead atoms. The Balaban J connectivity index is 1.84. The first-order chi connectivity index (χ1) is 10.5. The molecule has 0 spiro atoms. The van der Waals surface area contributed by atoms with E-state index in [-0.39, 0.29) is 4.90 Å². The molecule has 0 atom stereocenters. The molecule has 0 fully saturated rings. The Labute approximate surface area is 130 Å². The van der Waals surface area contributed by atoms with Gasteiger partial charge in [0.05, 0.1) is 11.5 Å². The first-order valence-corrected chi connectivity index (χ1v) is 8.50. The quantitative estimate of drug-likeness (QED) is 0.941. The average Bonchev–Trinajstić information content (AvgIpc) is 2.94. The zero-order valence-electron chi connectivity index (χ0n) is 12.5. The lowest BCUT2D eigenvalue weighted by Crippen LogP contribution is -2.13. The Kier molecular flexibility index (Phi) is 3.70. The summed E-state index contributed by atoms with van der Waals surface area (Å²) in [6, 6.07) is 12.2. The van der Waals surface area contributed by atoms with Crippen LogP contribution in [-0.4, -0.2) is 29.1 Å². The summed E-state index contributed by atoms with van der Waals surface area (Å²) in [7, 11) is 0.285. The van der Waals surface area contributed by atoms with Crippen LogP contribution < -0.4 is 14.4 Å². The van der Waals surface area contributed by atoms with E-state index in [1.165, 1.54) is 0 Å². The molecule has 1 aliphatic rings. The number of anilines is 2. The predicted octanol–water partition coefficient (Wildman–Crippen LogP) is 2.49. The molecule has 0 saturated carbocycles. The molecule has 5 nitrogen and oxygen atoms in total. The van der Waals surface area contributed by atoms with Crippen LogP contribution in [0.1, 0.15) is 5.56 Å². The molecular weight excluding hydrogens is 300 g/mol. The minimum Gasteiger partial charge on any atom is -0.493 e. The second-order valence-corrected chi connectivity index (χ2v) is 7.10. The lowest BCUT2D eigenvalue weighted by Gasteiger charge is -2.13. The van der Waals surface area contributed by atoms with E-state index in [0.29, 0.717) is 12.3 Å². The van der Waals surface area contributed by atoms with E-state index in [1.807, 2.05) is 31.1 Å². The minimum absolute atomic E-state index is 0.258. The van der Waals surface area contributed by atoms with Gasteiger partial charge in [-0.1, -0.05) is 0 Å². The van der Waals surface area contributed by atoms with E-state index < -0.39 is 10.0 Å². The van der Waals surface area contributed by atoms with Gasteiger partial charge < -0.3 is 9.64 Å². The van der Waals surface area contributed by atoms with Crippen molar-refractivity contribution in [3.63, 3.8) is 0 Å². The SMILES string of the molecule is CN(C)c1ccc(NS(=O)(=O)c2ccc3c(c2)CCO3)cc1. The third kappa shape index (κ3) is 2.87. The van der Waals surface area contributed by atoms with Gasteiger partial charge in [0, 0.05) is 31.9 Å². The molecule has 2 aromatic rings. The fourth-order valence-electron chi connectivity index (χ4n) is 2.37. The highest BCUT2D eigenvalue weighted by Crippen LogP contribution is 2.28. The Morgan fingerprint density at radius 3 is 2.50 bits per heavy atom. The van der Waals surface area contributed by atoms with Crippen molar-refractivity contribution in [1.29, 1.82) is 0 Å². The maximum Gasteiger partial charge on any atom is 0.261 e. The van der Waals surface area contributed by atoms with Crippen LogP contribution in [0.15, 0.2) is 47.4 Å². The predicted molar refractivity (Wildman–Crippen MR) is 87.2 cm³/mol. The van der Waals surface area contributed by atoms with Gasteiger partial charge in [-0.3, -0.25) is 4.72 Å². The van der Waals surface area contributed by atoms with E-state index in [0.717, 1.165) is 23.4 Å². The highest BCUT2D eigenvalue weighted by Gasteiger charge is 2.19. The van der Waals surface area contributed by atoms with Crippen LogP contribution in [-0.2, 0) is 16.4 Å². The topological polar surface area (TPSA) is 58.6 Å². The van der Waals surface area contributed by atoms with Gasteiger partial charge in [0.25, 0.3) is 10.0 Å². The van der Waals surface area contributed by atoms with E-state index in [9.17, 15) is 8.42 Å². The standard InChI is InChI=1S/C16H18N2O3S/c1-18(2)14-5-3-13(4-6-14)17-22(19,20)15-7-8-16-12(11-15)9-10-21-16/h3-8,11,17H,9-10H2,1-2H3. The lowest BCUT2D eigenvalue weighted by molar-refractivity contribution is 0.356. The van der Waals surface area contributed by atoms with Crippen LogP contribution in [0.3, 0.4) is 0 Å². The van der Waals surface area contributed by atoms with Crippen LogP contribution >= 0.6 is 0 Å². The second kappa shape index (κ2) is 5.53. The molecule has 2 aromatic carbocycles. The number of fused-ring (bicyclic) bond motifs is 1. The summed E-state index contributed by atoms with van der Waals surface area (Å²) in [4.78, 5) is 2.21. The number of nitrogens with zero attached hydrogens (tertiary/aromatic N) is 1. The summed E-state index contributed by atoms with van der Waals surface area (Å²) in [6.45, 7) is 0.609. The third-order valence-corrected chi connectivity index (χ3v) is 4.99. The number of sulfonamides is 1. The van der Waals surface area contributed by atoms with Crippen molar-refractivity contribution < 1.29 is 13.2 Å². The smallest absolute Gasteiger partial charge is 0.261 e. The Hall–Kier alpha value is -2.21. The molecule has 0 aliphatic carbocycles. The number of nitrogens with one attached hydrogen (secondary N) is 1. The molecular formula is C16H18N2O3S. The first-order valence-electron chi connectivity index (χ1n) is 7.02. The van der Waals surface area contributed by atoms with E-state index >= 15 is 0 Å². The van der Waals surface area contributed by atoms with Crippen molar-refractivity contribution in [2.24, 2.45) is 0 Å². The highest BCUT2D eigenvalue weighted by molar-refractivity contribution is 7.92. The maximum atomic E-state index is 12.5. The van der Waals surface area contributed by atoms with Gasteiger partial charge >= 0.3 is 0 Å². The van der Waals surface area contributed by atoms with Gasteiger partial charge in [-0.05, 0) is 48.0 Å². The monoisotopic (exact) mass is 318 g/mol. The fraction of sp³-hybridized carbons (Fsp3) is 0.250. The number of benzene rings is 2. The molecule has 3 rings (SSSR count). The molecule has 0 amide bonds. The molecule has 0 unspecified atom stereocenters. The molecule has 6 heteroatoms. The van der Waals surface area contributed by atoms with Crippen LogP contribution in [0, 0.1) is 0 Å². The van der Waals surface area contributed by atoms with Crippen LogP contribution in [0.5, 0.6) is 5.75 Å². The Bertz CT molecular complexity index is 784. The van der Waals surface area contributed by atoms with E-state index in [4.69, 9.17) is 4.74 Å². The van der Waals surface area contributed by atoms with Crippen molar-refractivity contribution in [1.82, 2.24) is 0 Å². The van der Waals surface area contributed by atoms with Gasteiger partial charge in [0.1, 0.15) is 5.75 Å². The van der Waals surface area contributed by atoms with E-state index in [2.05, 4.69) is 4.72 Å². The maximum absolute atomic E-state index is 12.5. The summed E-state index contributed by atoms with van der Waals surface area (Å²) < 4.78 is 32.9. The van der Waals surface area contributed by atoms with Gasteiger partial charge in [-0.15, -0.1) is 0 Å². The van der Waals surface area contributed by atoms with Crippen molar-refractivity contribution in [2.75, 3.05) is 30.3 Å².